The lowest BCUT2D eigenvalue weighted by Gasteiger charge is -2.41. The van der Waals surface area contributed by atoms with Crippen LogP contribution in [0.5, 0.6) is 0 Å². The Bertz CT molecular complexity index is 602. The average molecular weight is 486 g/mol. The van der Waals surface area contributed by atoms with Crippen molar-refractivity contribution in [2.75, 3.05) is 26.7 Å². The van der Waals surface area contributed by atoms with Crippen LogP contribution in [0.2, 0.25) is 0 Å². The molecule has 0 atom stereocenters. The number of aliphatic imine (C=N–C) groups is 1. The van der Waals surface area contributed by atoms with Crippen molar-refractivity contribution in [3.63, 3.8) is 0 Å². The summed E-state index contributed by atoms with van der Waals surface area (Å²) in [5.41, 5.74) is 2.34. The lowest BCUT2D eigenvalue weighted by Crippen LogP contribution is -2.46. The van der Waals surface area contributed by atoms with Gasteiger partial charge in [-0.3, -0.25) is 9.79 Å². The number of hydrogen-bond donors (Lipinski definition) is 2. The maximum Gasteiger partial charge on any atom is 0.253 e. The smallest absolute Gasteiger partial charge is 0.253 e. The van der Waals surface area contributed by atoms with E-state index in [0.717, 1.165) is 36.7 Å². The second-order valence-corrected chi connectivity index (χ2v) is 7.16. The van der Waals surface area contributed by atoms with E-state index in [9.17, 15) is 4.79 Å². The molecule has 1 aromatic rings. The van der Waals surface area contributed by atoms with Crippen molar-refractivity contribution >= 4 is 35.8 Å². The van der Waals surface area contributed by atoms with Crippen molar-refractivity contribution in [2.24, 2.45) is 10.4 Å². The first-order valence-electron chi connectivity index (χ1n) is 9.90. The summed E-state index contributed by atoms with van der Waals surface area (Å²) in [4.78, 5) is 18.5. The molecule has 0 saturated heterocycles. The van der Waals surface area contributed by atoms with Crippen LogP contribution in [-0.4, -0.2) is 43.4 Å². The monoisotopic (exact) mass is 486 g/mol. The number of nitrogens with zero attached hydrogens (tertiary/aromatic N) is 2. The molecule has 1 fully saturated rings. The summed E-state index contributed by atoms with van der Waals surface area (Å²) in [5.74, 6) is 0.936. The van der Waals surface area contributed by atoms with Gasteiger partial charge in [-0.25, -0.2) is 0 Å². The fraction of sp³-hybridized carbons (Fsp3) is 0.619. The van der Waals surface area contributed by atoms with E-state index >= 15 is 0 Å². The zero-order valence-electron chi connectivity index (χ0n) is 17.2. The quantitative estimate of drug-likeness (QED) is 0.332. The Balaban J connectivity index is 0.00000364. The van der Waals surface area contributed by atoms with E-state index in [-0.39, 0.29) is 29.9 Å². The first-order valence-corrected chi connectivity index (χ1v) is 9.90. The Kier molecular flexibility index (Phi) is 10.1. The Morgan fingerprint density at radius 1 is 1.11 bits per heavy atom. The zero-order chi connectivity index (χ0) is 19.0. The lowest BCUT2D eigenvalue weighted by molar-refractivity contribution is 0.0773. The van der Waals surface area contributed by atoms with E-state index in [1.54, 1.807) is 7.05 Å². The van der Waals surface area contributed by atoms with Crippen molar-refractivity contribution in [3.8, 4) is 0 Å². The average Bonchev–Trinajstić information content (AvgIpc) is 2.65. The molecule has 0 aromatic heterocycles. The summed E-state index contributed by atoms with van der Waals surface area (Å²) in [5, 5.41) is 6.84. The van der Waals surface area contributed by atoms with Gasteiger partial charge in [-0.2, -0.15) is 0 Å². The predicted octanol–water partition coefficient (Wildman–Crippen LogP) is 4.03. The highest BCUT2D eigenvalue weighted by Gasteiger charge is 2.34. The molecule has 5 nitrogen and oxygen atoms in total. The number of carbonyl (C=O) groups is 1. The van der Waals surface area contributed by atoms with Gasteiger partial charge in [0.15, 0.2) is 5.96 Å². The maximum absolute atomic E-state index is 12.4. The van der Waals surface area contributed by atoms with Gasteiger partial charge in [0.25, 0.3) is 5.91 Å². The van der Waals surface area contributed by atoms with Crippen molar-refractivity contribution < 1.29 is 4.79 Å². The molecule has 27 heavy (non-hydrogen) atoms. The standard InChI is InChI=1S/C21H34N4O.HI/c1-5-21(13-8-14-21)16-24-20(22-4)23-15-17-9-11-18(12-10-17)19(26)25(6-2)7-3;/h9-12H,5-8,13-16H2,1-4H3,(H2,22,23,24);1H. The van der Waals surface area contributed by atoms with E-state index in [0.29, 0.717) is 12.0 Å². The van der Waals surface area contributed by atoms with Gasteiger partial charge in [0.2, 0.25) is 0 Å². The summed E-state index contributed by atoms with van der Waals surface area (Å²) in [7, 11) is 1.81. The molecule has 0 bridgehead atoms. The number of amides is 1. The Morgan fingerprint density at radius 2 is 1.74 bits per heavy atom. The fourth-order valence-electron chi connectivity index (χ4n) is 3.47. The predicted molar refractivity (Wildman–Crippen MR) is 124 cm³/mol. The summed E-state index contributed by atoms with van der Waals surface area (Å²) in [6.07, 6.45) is 5.20. The molecule has 2 rings (SSSR count). The minimum atomic E-state index is 0. The summed E-state index contributed by atoms with van der Waals surface area (Å²) in [6, 6.07) is 7.84. The van der Waals surface area contributed by atoms with Gasteiger partial charge < -0.3 is 15.5 Å². The molecule has 152 valence electrons. The minimum absolute atomic E-state index is 0. The van der Waals surface area contributed by atoms with Gasteiger partial charge in [0.1, 0.15) is 0 Å². The van der Waals surface area contributed by atoms with E-state index in [1.165, 1.54) is 25.7 Å². The third-order valence-corrected chi connectivity index (χ3v) is 5.73. The number of rotatable bonds is 8. The SMILES string of the molecule is CCN(CC)C(=O)c1ccc(CNC(=NC)NCC2(CC)CCC2)cc1.I. The third-order valence-electron chi connectivity index (χ3n) is 5.73. The third kappa shape index (κ3) is 6.36. The topological polar surface area (TPSA) is 56.7 Å². The first kappa shape index (κ1) is 23.7. The molecule has 1 saturated carbocycles. The van der Waals surface area contributed by atoms with E-state index in [1.807, 2.05) is 43.0 Å². The molecule has 0 spiro atoms. The maximum atomic E-state index is 12.4. The molecule has 6 heteroatoms. The van der Waals surface area contributed by atoms with Gasteiger partial charge in [0, 0.05) is 38.8 Å². The highest BCUT2D eigenvalue weighted by molar-refractivity contribution is 14.0. The summed E-state index contributed by atoms with van der Waals surface area (Å²) in [6.45, 7) is 9.44. The molecule has 1 aliphatic rings. The van der Waals surface area contributed by atoms with Crippen LogP contribution in [0.4, 0.5) is 0 Å². The number of halogens is 1. The highest BCUT2D eigenvalue weighted by atomic mass is 127. The van der Waals surface area contributed by atoms with Gasteiger partial charge in [-0.1, -0.05) is 25.5 Å². The molecule has 0 heterocycles. The second-order valence-electron chi connectivity index (χ2n) is 7.16. The van der Waals surface area contributed by atoms with E-state index < -0.39 is 0 Å². The number of guanidine groups is 1. The van der Waals surface area contributed by atoms with Crippen LogP contribution >= 0.6 is 24.0 Å². The second kappa shape index (κ2) is 11.5. The van der Waals surface area contributed by atoms with Gasteiger partial charge in [-0.05, 0) is 56.2 Å². The molecule has 0 unspecified atom stereocenters. The van der Waals surface area contributed by atoms with Crippen LogP contribution in [0.15, 0.2) is 29.3 Å². The van der Waals surface area contributed by atoms with Crippen LogP contribution in [0.1, 0.15) is 62.4 Å². The molecule has 1 aliphatic carbocycles. The number of carbonyl (C=O) groups excluding carboxylic acids is 1. The van der Waals surface area contributed by atoms with E-state index in [4.69, 9.17) is 0 Å². The number of benzene rings is 1. The Labute approximate surface area is 181 Å². The van der Waals surface area contributed by atoms with Crippen molar-refractivity contribution in [3.05, 3.63) is 35.4 Å². The molecule has 2 N–H and O–H groups in total. The molecule has 0 radical (unpaired) electrons. The molecular formula is C21H35IN4O. The highest BCUT2D eigenvalue weighted by Crippen LogP contribution is 2.42. The molecule has 1 amide bonds. The number of hydrogen-bond acceptors (Lipinski definition) is 2. The van der Waals surface area contributed by atoms with Crippen molar-refractivity contribution in [2.45, 2.75) is 53.0 Å². The zero-order valence-corrected chi connectivity index (χ0v) is 19.5. The molecule has 0 aliphatic heterocycles. The summed E-state index contributed by atoms with van der Waals surface area (Å²) < 4.78 is 0. The number of nitrogens with one attached hydrogen (secondary N) is 2. The minimum Gasteiger partial charge on any atom is -0.356 e. The van der Waals surface area contributed by atoms with Crippen molar-refractivity contribution in [1.29, 1.82) is 0 Å². The van der Waals surface area contributed by atoms with Crippen LogP contribution in [-0.2, 0) is 6.54 Å². The van der Waals surface area contributed by atoms with Crippen LogP contribution < -0.4 is 10.6 Å². The van der Waals surface area contributed by atoms with Gasteiger partial charge in [0.05, 0.1) is 0 Å². The Hall–Kier alpha value is -1.31. The Morgan fingerprint density at radius 3 is 2.19 bits per heavy atom. The first-order chi connectivity index (χ1) is 12.6. The largest absolute Gasteiger partial charge is 0.356 e. The summed E-state index contributed by atoms with van der Waals surface area (Å²) >= 11 is 0. The van der Waals surface area contributed by atoms with Gasteiger partial charge in [-0.15, -0.1) is 24.0 Å². The van der Waals surface area contributed by atoms with Gasteiger partial charge >= 0.3 is 0 Å². The van der Waals surface area contributed by atoms with E-state index in [2.05, 4.69) is 22.5 Å². The lowest BCUT2D eigenvalue weighted by atomic mass is 9.67. The van der Waals surface area contributed by atoms with Crippen LogP contribution in [0, 0.1) is 5.41 Å². The molecule has 1 aromatic carbocycles. The van der Waals surface area contributed by atoms with Crippen molar-refractivity contribution in [1.82, 2.24) is 15.5 Å². The normalized spacial score (nSPS) is 15.3. The molecular weight excluding hydrogens is 451 g/mol. The fourth-order valence-corrected chi connectivity index (χ4v) is 3.47. The van der Waals surface area contributed by atoms with Crippen LogP contribution in [0.3, 0.4) is 0 Å². The van der Waals surface area contributed by atoms with Crippen LogP contribution in [0.25, 0.3) is 0 Å².